The zero-order chi connectivity index (χ0) is 23.1. The van der Waals surface area contributed by atoms with Gasteiger partial charge in [-0.25, -0.2) is 9.50 Å². The number of benzene rings is 1. The van der Waals surface area contributed by atoms with Crippen LogP contribution in [0.1, 0.15) is 48.5 Å². The van der Waals surface area contributed by atoms with E-state index in [4.69, 9.17) is 14.8 Å². The molecule has 6 heterocycles. The van der Waals surface area contributed by atoms with Gasteiger partial charge >= 0.3 is 0 Å². The van der Waals surface area contributed by atoms with Crippen molar-refractivity contribution >= 4 is 11.3 Å². The van der Waals surface area contributed by atoms with E-state index in [1.54, 1.807) is 7.05 Å². The Bertz CT molecular complexity index is 1390. The Morgan fingerprint density at radius 2 is 2.00 bits per heavy atom. The molecule has 0 N–H and O–H groups in total. The Hall–Kier alpha value is -3.33. The lowest BCUT2D eigenvalue weighted by Gasteiger charge is -2.40. The van der Waals surface area contributed by atoms with Crippen molar-refractivity contribution in [2.75, 3.05) is 24.6 Å². The van der Waals surface area contributed by atoms with Gasteiger partial charge in [0.15, 0.2) is 17.3 Å². The third kappa shape index (κ3) is 2.73. The highest BCUT2D eigenvalue weighted by Crippen LogP contribution is 2.62. The van der Waals surface area contributed by atoms with E-state index in [0.29, 0.717) is 12.5 Å². The van der Waals surface area contributed by atoms with Gasteiger partial charge in [0.05, 0.1) is 31.5 Å². The summed E-state index contributed by atoms with van der Waals surface area (Å²) in [5.74, 6) is 1.91. The van der Waals surface area contributed by atoms with E-state index in [0.717, 1.165) is 48.8 Å². The molecule has 3 saturated heterocycles. The molecule has 9 heteroatoms. The summed E-state index contributed by atoms with van der Waals surface area (Å²) in [4.78, 5) is 8.93. The SMILES string of the molecule is Cc1cc(N2CC[C@](C)(c3ccccc3)C2)cn2nc(C34CC(CO3)C4c3nnn(C)n3)nc12. The number of tetrazole rings is 1. The molecule has 2 bridgehead atoms. The summed E-state index contributed by atoms with van der Waals surface area (Å²) in [6.07, 6.45) is 4.15. The molecule has 1 aliphatic carbocycles. The van der Waals surface area contributed by atoms with Crippen molar-refractivity contribution in [2.24, 2.45) is 13.0 Å². The summed E-state index contributed by atoms with van der Waals surface area (Å²) < 4.78 is 8.22. The first-order chi connectivity index (χ1) is 16.5. The number of fused-ring (bicyclic) bond motifs is 2. The van der Waals surface area contributed by atoms with Crippen molar-refractivity contribution in [3.63, 3.8) is 0 Å². The average molecular weight is 457 g/mol. The lowest BCUT2D eigenvalue weighted by atomic mass is 9.63. The molecule has 0 spiro atoms. The highest BCUT2D eigenvalue weighted by atomic mass is 16.5. The number of hydrogen-bond donors (Lipinski definition) is 0. The number of pyridine rings is 1. The van der Waals surface area contributed by atoms with Crippen LogP contribution in [0.5, 0.6) is 0 Å². The Morgan fingerprint density at radius 3 is 2.76 bits per heavy atom. The maximum absolute atomic E-state index is 6.29. The monoisotopic (exact) mass is 456 g/mol. The zero-order valence-electron chi connectivity index (χ0n) is 19.7. The number of aryl methyl sites for hydroxylation is 2. The molecule has 4 fully saturated rings. The van der Waals surface area contributed by atoms with E-state index in [9.17, 15) is 0 Å². The zero-order valence-corrected chi connectivity index (χ0v) is 19.7. The van der Waals surface area contributed by atoms with Crippen molar-refractivity contribution in [1.82, 2.24) is 34.8 Å². The summed E-state index contributed by atoms with van der Waals surface area (Å²) in [7, 11) is 1.79. The molecule has 3 aliphatic heterocycles. The topological polar surface area (TPSA) is 86.3 Å². The summed E-state index contributed by atoms with van der Waals surface area (Å²) in [5.41, 5.74) is 4.17. The minimum atomic E-state index is -0.550. The molecule has 4 atom stereocenters. The second-order valence-corrected chi connectivity index (χ2v) is 10.5. The number of ether oxygens (including phenoxy) is 1. The molecule has 1 saturated carbocycles. The molecule has 1 aromatic carbocycles. The van der Waals surface area contributed by atoms with Crippen LogP contribution in [0.15, 0.2) is 42.6 Å². The van der Waals surface area contributed by atoms with E-state index in [2.05, 4.69) is 76.8 Å². The second kappa shape index (κ2) is 6.85. The second-order valence-electron chi connectivity index (χ2n) is 10.5. The molecule has 0 amide bonds. The van der Waals surface area contributed by atoms with Crippen LogP contribution in [0.3, 0.4) is 0 Å². The van der Waals surface area contributed by atoms with E-state index in [1.807, 2.05) is 4.52 Å². The molecule has 0 radical (unpaired) electrons. The van der Waals surface area contributed by atoms with Crippen LogP contribution in [0.2, 0.25) is 0 Å². The first-order valence-electron chi connectivity index (χ1n) is 12.0. The average Bonchev–Trinajstić information content (AvgIpc) is 3.62. The van der Waals surface area contributed by atoms with Crippen molar-refractivity contribution in [3.05, 3.63) is 65.4 Å². The predicted octanol–water partition coefficient (Wildman–Crippen LogP) is 2.76. The molecular weight excluding hydrogens is 428 g/mol. The van der Waals surface area contributed by atoms with E-state index in [1.165, 1.54) is 16.0 Å². The quantitative estimate of drug-likeness (QED) is 0.467. The first kappa shape index (κ1) is 20.1. The minimum absolute atomic E-state index is 0.0588. The molecular formula is C25H28N8O. The number of rotatable bonds is 4. The largest absolute Gasteiger partial charge is 0.369 e. The van der Waals surface area contributed by atoms with Crippen LogP contribution in [-0.2, 0) is 22.8 Å². The number of nitrogens with zero attached hydrogens (tertiary/aromatic N) is 8. The Kier molecular flexibility index (Phi) is 4.04. The predicted molar refractivity (Wildman–Crippen MR) is 126 cm³/mol. The van der Waals surface area contributed by atoms with Gasteiger partial charge in [-0.15, -0.1) is 15.3 Å². The Balaban J connectivity index is 1.22. The summed E-state index contributed by atoms with van der Waals surface area (Å²) in [5, 5.41) is 17.7. The van der Waals surface area contributed by atoms with Gasteiger partial charge in [-0.2, -0.15) is 4.80 Å². The van der Waals surface area contributed by atoms with Crippen molar-refractivity contribution in [3.8, 4) is 0 Å². The van der Waals surface area contributed by atoms with Crippen molar-refractivity contribution in [2.45, 2.75) is 43.6 Å². The normalized spacial score (nSPS) is 30.3. The Morgan fingerprint density at radius 1 is 1.15 bits per heavy atom. The minimum Gasteiger partial charge on any atom is -0.369 e. The highest BCUT2D eigenvalue weighted by Gasteiger charge is 2.66. The molecule has 3 unspecified atom stereocenters. The number of hydrogen-bond acceptors (Lipinski definition) is 7. The smallest absolute Gasteiger partial charge is 0.184 e. The fourth-order valence-corrected chi connectivity index (χ4v) is 6.29. The van der Waals surface area contributed by atoms with Crippen LogP contribution in [0.4, 0.5) is 5.69 Å². The van der Waals surface area contributed by atoms with Gasteiger partial charge in [0.2, 0.25) is 0 Å². The van der Waals surface area contributed by atoms with E-state index >= 15 is 0 Å². The van der Waals surface area contributed by atoms with Crippen LogP contribution in [0.25, 0.3) is 5.65 Å². The van der Waals surface area contributed by atoms with Crippen LogP contribution in [-0.4, -0.2) is 54.5 Å². The fraction of sp³-hybridized carbons (Fsp3) is 0.480. The van der Waals surface area contributed by atoms with Gasteiger partial charge in [-0.1, -0.05) is 37.3 Å². The molecule has 9 nitrogen and oxygen atoms in total. The van der Waals surface area contributed by atoms with Crippen LogP contribution < -0.4 is 4.90 Å². The molecule has 4 aromatic rings. The first-order valence-corrected chi connectivity index (χ1v) is 12.0. The molecule has 8 rings (SSSR count). The van der Waals surface area contributed by atoms with Gasteiger partial charge in [-0.3, -0.25) is 0 Å². The lowest BCUT2D eigenvalue weighted by Crippen LogP contribution is -2.44. The standard InChI is InChI=1S/C25H28N8O/c1-16-11-19(32-10-9-24(2,15-32)18-7-5-4-6-8-18)13-33-22(16)26-23(29-33)25-12-17(14-34-25)20(25)21-27-30-31(3)28-21/h4-8,11,13,17,20H,9-10,12,14-15H2,1-3H3/t17?,20?,24-,25?/m0/s1. The van der Waals surface area contributed by atoms with Gasteiger partial charge in [0.1, 0.15) is 5.60 Å². The van der Waals surface area contributed by atoms with Gasteiger partial charge in [-0.05, 0) is 48.1 Å². The third-order valence-corrected chi connectivity index (χ3v) is 8.19. The van der Waals surface area contributed by atoms with Gasteiger partial charge in [0.25, 0.3) is 0 Å². The summed E-state index contributed by atoms with van der Waals surface area (Å²) >= 11 is 0. The van der Waals surface area contributed by atoms with Gasteiger partial charge < -0.3 is 9.64 Å². The Labute approximate surface area is 197 Å². The maximum atomic E-state index is 6.29. The lowest BCUT2D eigenvalue weighted by molar-refractivity contribution is -0.0346. The molecule has 174 valence electrons. The third-order valence-electron chi connectivity index (χ3n) is 8.19. The maximum Gasteiger partial charge on any atom is 0.184 e. The van der Waals surface area contributed by atoms with Crippen molar-refractivity contribution < 1.29 is 4.74 Å². The summed E-state index contributed by atoms with van der Waals surface area (Å²) in [6.45, 7) is 7.17. The van der Waals surface area contributed by atoms with E-state index < -0.39 is 5.60 Å². The van der Waals surface area contributed by atoms with Crippen molar-refractivity contribution in [1.29, 1.82) is 0 Å². The number of aromatic nitrogens is 7. The van der Waals surface area contributed by atoms with Gasteiger partial charge in [0, 0.05) is 18.5 Å². The van der Waals surface area contributed by atoms with Crippen LogP contribution >= 0.6 is 0 Å². The van der Waals surface area contributed by atoms with E-state index in [-0.39, 0.29) is 11.3 Å². The molecule has 34 heavy (non-hydrogen) atoms. The fourth-order valence-electron chi connectivity index (χ4n) is 6.29. The summed E-state index contributed by atoms with van der Waals surface area (Å²) in [6, 6.07) is 13.1. The van der Waals surface area contributed by atoms with Crippen LogP contribution in [0, 0.1) is 12.8 Å². The molecule has 3 aromatic heterocycles. The highest BCUT2D eigenvalue weighted by molar-refractivity contribution is 5.58. The number of anilines is 1. The molecule has 4 aliphatic rings.